The summed E-state index contributed by atoms with van der Waals surface area (Å²) in [6, 6.07) is 7.17. The van der Waals surface area contributed by atoms with E-state index < -0.39 is 6.04 Å². The molecule has 1 aliphatic heterocycles. The number of aryl methyl sites for hydroxylation is 1. The monoisotopic (exact) mass is 411 g/mol. The number of benzene rings is 1. The molecule has 7 nitrogen and oxygen atoms in total. The van der Waals surface area contributed by atoms with Crippen molar-refractivity contribution < 1.29 is 9.59 Å². The van der Waals surface area contributed by atoms with Crippen molar-refractivity contribution in [1.29, 1.82) is 0 Å². The van der Waals surface area contributed by atoms with E-state index in [1.54, 1.807) is 6.20 Å². The summed E-state index contributed by atoms with van der Waals surface area (Å²) >= 11 is 0. The summed E-state index contributed by atoms with van der Waals surface area (Å²) in [5, 5.41) is 10.1. The summed E-state index contributed by atoms with van der Waals surface area (Å²) in [5.74, 6) is 0.195. The number of carbonyl (C=O) groups excluding carboxylic acids is 2. The SMILES string of the molecule is CCc1ccc2ncc(NC(=O)C(CC(C)C)NC(=O)C3CC(CN)CN3)cc2c1. The minimum absolute atomic E-state index is 0.143. The van der Waals surface area contributed by atoms with Crippen LogP contribution in [0.4, 0.5) is 5.69 Å². The number of nitrogens with zero attached hydrogens (tertiary/aromatic N) is 1. The maximum Gasteiger partial charge on any atom is 0.247 e. The van der Waals surface area contributed by atoms with Gasteiger partial charge in [-0.2, -0.15) is 0 Å². The van der Waals surface area contributed by atoms with Gasteiger partial charge in [-0.1, -0.05) is 26.8 Å². The highest BCUT2D eigenvalue weighted by Crippen LogP contribution is 2.20. The van der Waals surface area contributed by atoms with E-state index in [1.165, 1.54) is 5.56 Å². The van der Waals surface area contributed by atoms with Crippen molar-refractivity contribution in [1.82, 2.24) is 15.6 Å². The van der Waals surface area contributed by atoms with Crippen molar-refractivity contribution in [3.05, 3.63) is 36.0 Å². The summed E-state index contributed by atoms with van der Waals surface area (Å²) < 4.78 is 0. The largest absolute Gasteiger partial charge is 0.343 e. The van der Waals surface area contributed by atoms with Crippen LogP contribution in [0, 0.1) is 11.8 Å². The molecule has 1 saturated heterocycles. The molecule has 5 N–H and O–H groups in total. The molecule has 3 rings (SSSR count). The molecule has 2 heterocycles. The van der Waals surface area contributed by atoms with Gasteiger partial charge in [0, 0.05) is 5.39 Å². The maximum atomic E-state index is 13.0. The molecular weight excluding hydrogens is 378 g/mol. The molecule has 0 radical (unpaired) electrons. The van der Waals surface area contributed by atoms with Gasteiger partial charge in [0.1, 0.15) is 6.04 Å². The predicted molar refractivity (Wildman–Crippen MR) is 120 cm³/mol. The van der Waals surface area contributed by atoms with Gasteiger partial charge in [0.2, 0.25) is 11.8 Å². The first-order valence-electron chi connectivity index (χ1n) is 10.8. The van der Waals surface area contributed by atoms with Crippen LogP contribution in [-0.2, 0) is 16.0 Å². The number of nitrogens with two attached hydrogens (primary N) is 1. The predicted octanol–water partition coefficient (Wildman–Crippen LogP) is 2.20. The van der Waals surface area contributed by atoms with Crippen LogP contribution in [0.25, 0.3) is 10.9 Å². The number of pyridine rings is 1. The first-order chi connectivity index (χ1) is 14.4. The van der Waals surface area contributed by atoms with Crippen LogP contribution in [0.2, 0.25) is 0 Å². The van der Waals surface area contributed by atoms with E-state index >= 15 is 0 Å². The molecule has 1 aromatic carbocycles. The summed E-state index contributed by atoms with van der Waals surface area (Å²) in [6.07, 6.45) is 3.86. The molecule has 0 spiro atoms. The Balaban J connectivity index is 1.70. The van der Waals surface area contributed by atoms with Gasteiger partial charge in [-0.05, 0) is 68.0 Å². The molecule has 1 fully saturated rings. The van der Waals surface area contributed by atoms with Crippen LogP contribution in [0.5, 0.6) is 0 Å². The Hall–Kier alpha value is -2.51. The van der Waals surface area contributed by atoms with E-state index in [9.17, 15) is 9.59 Å². The van der Waals surface area contributed by atoms with Gasteiger partial charge in [0.25, 0.3) is 0 Å². The van der Waals surface area contributed by atoms with Gasteiger partial charge in [0.15, 0.2) is 0 Å². The molecule has 3 atom stereocenters. The zero-order valence-corrected chi connectivity index (χ0v) is 18.1. The second kappa shape index (κ2) is 10.00. The molecule has 2 amide bonds. The summed E-state index contributed by atoms with van der Waals surface area (Å²) in [6.45, 7) is 7.47. The number of anilines is 1. The summed E-state index contributed by atoms with van der Waals surface area (Å²) in [4.78, 5) is 30.1. The lowest BCUT2D eigenvalue weighted by Gasteiger charge is -2.22. The van der Waals surface area contributed by atoms with E-state index in [4.69, 9.17) is 5.73 Å². The fourth-order valence-corrected chi connectivity index (χ4v) is 3.86. The van der Waals surface area contributed by atoms with Gasteiger partial charge in [-0.15, -0.1) is 0 Å². The van der Waals surface area contributed by atoms with E-state index in [1.807, 2.05) is 26.0 Å². The number of fused-ring (bicyclic) bond motifs is 1. The van der Waals surface area contributed by atoms with Crippen LogP contribution in [0.3, 0.4) is 0 Å². The molecule has 30 heavy (non-hydrogen) atoms. The molecule has 1 aromatic heterocycles. The van der Waals surface area contributed by atoms with Gasteiger partial charge in [0.05, 0.1) is 23.4 Å². The van der Waals surface area contributed by atoms with E-state index in [2.05, 4.69) is 40.0 Å². The van der Waals surface area contributed by atoms with Crippen molar-refractivity contribution in [2.24, 2.45) is 17.6 Å². The molecule has 0 aliphatic carbocycles. The van der Waals surface area contributed by atoms with Crippen LogP contribution < -0.4 is 21.7 Å². The summed E-state index contributed by atoms with van der Waals surface area (Å²) in [7, 11) is 0. The number of aromatic nitrogens is 1. The first-order valence-corrected chi connectivity index (χ1v) is 10.8. The van der Waals surface area contributed by atoms with Gasteiger partial charge in [-0.3, -0.25) is 14.6 Å². The van der Waals surface area contributed by atoms with Crippen molar-refractivity contribution in [2.75, 3.05) is 18.4 Å². The molecule has 7 heteroatoms. The highest BCUT2D eigenvalue weighted by molar-refractivity contribution is 5.99. The van der Waals surface area contributed by atoms with Crippen LogP contribution in [-0.4, -0.2) is 42.0 Å². The van der Waals surface area contributed by atoms with Crippen LogP contribution >= 0.6 is 0 Å². The number of amides is 2. The average Bonchev–Trinajstić information content (AvgIpc) is 3.21. The van der Waals surface area contributed by atoms with E-state index in [-0.39, 0.29) is 23.8 Å². The van der Waals surface area contributed by atoms with Gasteiger partial charge < -0.3 is 21.7 Å². The topological polar surface area (TPSA) is 109 Å². The lowest BCUT2D eigenvalue weighted by molar-refractivity contribution is -0.128. The van der Waals surface area contributed by atoms with Crippen molar-refractivity contribution in [3.63, 3.8) is 0 Å². The van der Waals surface area contributed by atoms with Gasteiger partial charge >= 0.3 is 0 Å². The molecule has 1 aliphatic rings. The Bertz CT molecular complexity index is 898. The number of hydrogen-bond donors (Lipinski definition) is 4. The van der Waals surface area contributed by atoms with E-state index in [0.29, 0.717) is 31.0 Å². The highest BCUT2D eigenvalue weighted by atomic mass is 16.2. The Kier molecular flexibility index (Phi) is 7.39. The lowest BCUT2D eigenvalue weighted by atomic mass is 10.0. The molecular formula is C23H33N5O2. The summed E-state index contributed by atoms with van der Waals surface area (Å²) in [5.41, 5.74) is 8.45. The normalized spacial score (nSPS) is 19.8. The first kappa shape index (κ1) is 22.2. The quantitative estimate of drug-likeness (QED) is 0.532. The van der Waals surface area contributed by atoms with E-state index in [0.717, 1.165) is 23.9 Å². The smallest absolute Gasteiger partial charge is 0.247 e. The highest BCUT2D eigenvalue weighted by Gasteiger charge is 2.31. The molecule has 2 aromatic rings. The van der Waals surface area contributed by atoms with Crippen molar-refractivity contribution >= 4 is 28.4 Å². The fraction of sp³-hybridized carbons (Fsp3) is 0.522. The third-order valence-electron chi connectivity index (χ3n) is 5.63. The number of carbonyl (C=O) groups is 2. The average molecular weight is 412 g/mol. The number of nitrogens with one attached hydrogen (secondary N) is 3. The molecule has 0 saturated carbocycles. The Morgan fingerprint density at radius 1 is 1.30 bits per heavy atom. The third kappa shape index (κ3) is 5.55. The second-order valence-electron chi connectivity index (χ2n) is 8.58. The van der Waals surface area contributed by atoms with Crippen molar-refractivity contribution in [3.8, 4) is 0 Å². The molecule has 3 unspecified atom stereocenters. The zero-order valence-electron chi connectivity index (χ0n) is 18.1. The Morgan fingerprint density at radius 2 is 2.10 bits per heavy atom. The second-order valence-corrected chi connectivity index (χ2v) is 8.58. The van der Waals surface area contributed by atoms with Crippen LogP contribution in [0.1, 0.15) is 39.2 Å². The standard InChI is InChI=1S/C23H33N5O2/c1-4-15-5-6-19-17(8-15)10-18(13-26-19)27-23(30)21(7-14(2)3)28-22(29)20-9-16(11-24)12-25-20/h5-6,8,10,13-14,16,20-21,25H,4,7,9,11-12,24H2,1-3H3,(H,27,30)(H,28,29). The lowest BCUT2D eigenvalue weighted by Crippen LogP contribution is -2.50. The number of hydrogen-bond acceptors (Lipinski definition) is 5. The molecule has 162 valence electrons. The zero-order chi connectivity index (χ0) is 21.7. The molecule has 0 bridgehead atoms. The maximum absolute atomic E-state index is 13.0. The van der Waals surface area contributed by atoms with Crippen molar-refractivity contribution in [2.45, 2.75) is 52.1 Å². The minimum Gasteiger partial charge on any atom is -0.343 e. The number of rotatable bonds is 8. The minimum atomic E-state index is -0.603. The third-order valence-corrected chi connectivity index (χ3v) is 5.63. The Morgan fingerprint density at radius 3 is 2.77 bits per heavy atom. The van der Waals surface area contributed by atoms with Crippen LogP contribution in [0.15, 0.2) is 30.5 Å². The Labute approximate surface area is 178 Å². The van der Waals surface area contributed by atoms with Gasteiger partial charge in [-0.25, -0.2) is 0 Å². The fourth-order valence-electron chi connectivity index (χ4n) is 3.86.